The SMILES string of the molecule is CCSc1nc(OCC(F)(F)F)c2c(n1)-c1cc(OC)ccc1CC2(C)C. The maximum atomic E-state index is 12.8. The van der Waals surface area contributed by atoms with Gasteiger partial charge in [0.05, 0.1) is 12.8 Å². The Balaban J connectivity index is 2.21. The van der Waals surface area contributed by atoms with E-state index in [9.17, 15) is 13.2 Å². The minimum absolute atomic E-state index is 0.00625. The third-order valence-electron chi connectivity index (χ3n) is 4.38. The van der Waals surface area contributed by atoms with Crippen LogP contribution in [-0.2, 0) is 11.8 Å². The van der Waals surface area contributed by atoms with Gasteiger partial charge in [-0.3, -0.25) is 0 Å². The second-order valence-electron chi connectivity index (χ2n) is 6.96. The van der Waals surface area contributed by atoms with Gasteiger partial charge in [0.25, 0.3) is 0 Å². The average molecular weight is 398 g/mol. The van der Waals surface area contributed by atoms with Crippen LogP contribution >= 0.6 is 11.8 Å². The highest BCUT2D eigenvalue weighted by atomic mass is 32.2. The Labute approximate surface area is 160 Å². The summed E-state index contributed by atoms with van der Waals surface area (Å²) in [5, 5.41) is 0.403. The second-order valence-corrected chi connectivity index (χ2v) is 8.19. The van der Waals surface area contributed by atoms with Gasteiger partial charge in [-0.15, -0.1) is 0 Å². The number of fused-ring (bicyclic) bond motifs is 3. The molecule has 0 bridgehead atoms. The number of hydrogen-bond donors (Lipinski definition) is 0. The largest absolute Gasteiger partial charge is 0.497 e. The van der Waals surface area contributed by atoms with E-state index in [1.807, 2.05) is 39.0 Å². The van der Waals surface area contributed by atoms with Crippen molar-refractivity contribution >= 4 is 11.8 Å². The fourth-order valence-electron chi connectivity index (χ4n) is 3.30. The molecular formula is C19H21F3N2O2S. The van der Waals surface area contributed by atoms with Gasteiger partial charge in [0.15, 0.2) is 11.8 Å². The highest BCUT2D eigenvalue weighted by Crippen LogP contribution is 2.47. The van der Waals surface area contributed by atoms with Crippen molar-refractivity contribution in [2.24, 2.45) is 0 Å². The number of aromatic nitrogens is 2. The Morgan fingerprint density at radius 1 is 1.22 bits per heavy atom. The number of halogens is 3. The van der Waals surface area contributed by atoms with E-state index in [1.54, 1.807) is 7.11 Å². The van der Waals surface area contributed by atoms with Crippen molar-refractivity contribution < 1.29 is 22.6 Å². The molecular weight excluding hydrogens is 377 g/mol. The molecule has 0 N–H and O–H groups in total. The fourth-order valence-corrected chi connectivity index (χ4v) is 3.86. The molecule has 27 heavy (non-hydrogen) atoms. The van der Waals surface area contributed by atoms with Gasteiger partial charge in [0.1, 0.15) is 5.75 Å². The van der Waals surface area contributed by atoms with Gasteiger partial charge in [0, 0.05) is 16.5 Å². The summed E-state index contributed by atoms with van der Waals surface area (Å²) in [6, 6.07) is 5.72. The summed E-state index contributed by atoms with van der Waals surface area (Å²) in [6.07, 6.45) is -3.79. The molecule has 0 atom stereocenters. The van der Waals surface area contributed by atoms with E-state index in [2.05, 4.69) is 9.97 Å². The van der Waals surface area contributed by atoms with Crippen LogP contribution in [0.25, 0.3) is 11.3 Å². The van der Waals surface area contributed by atoms with Crippen molar-refractivity contribution in [1.82, 2.24) is 9.97 Å². The first-order valence-electron chi connectivity index (χ1n) is 8.57. The van der Waals surface area contributed by atoms with Crippen LogP contribution < -0.4 is 9.47 Å². The number of thioether (sulfide) groups is 1. The molecule has 1 aromatic carbocycles. The first-order valence-corrected chi connectivity index (χ1v) is 9.55. The van der Waals surface area contributed by atoms with Gasteiger partial charge in [-0.1, -0.05) is 38.6 Å². The van der Waals surface area contributed by atoms with E-state index in [-0.39, 0.29) is 5.88 Å². The molecule has 8 heteroatoms. The smallest absolute Gasteiger partial charge is 0.422 e. The van der Waals surface area contributed by atoms with Crippen LogP contribution in [-0.4, -0.2) is 35.6 Å². The molecule has 1 aliphatic carbocycles. The van der Waals surface area contributed by atoms with E-state index >= 15 is 0 Å². The Morgan fingerprint density at radius 2 is 1.96 bits per heavy atom. The first kappa shape index (κ1) is 19.8. The molecule has 2 aromatic rings. The van der Waals surface area contributed by atoms with Crippen LogP contribution in [0.5, 0.6) is 11.6 Å². The molecule has 4 nitrogen and oxygen atoms in total. The van der Waals surface area contributed by atoms with Crippen molar-refractivity contribution in [3.63, 3.8) is 0 Å². The quantitative estimate of drug-likeness (QED) is 0.522. The molecule has 0 radical (unpaired) electrons. The van der Waals surface area contributed by atoms with E-state index < -0.39 is 18.2 Å². The predicted octanol–water partition coefficient (Wildman–Crippen LogP) is 5.04. The van der Waals surface area contributed by atoms with Gasteiger partial charge in [0.2, 0.25) is 5.88 Å². The number of rotatable bonds is 5. The van der Waals surface area contributed by atoms with Crippen LogP contribution in [0.1, 0.15) is 31.9 Å². The number of hydrogen-bond acceptors (Lipinski definition) is 5. The third kappa shape index (κ3) is 4.15. The van der Waals surface area contributed by atoms with Gasteiger partial charge >= 0.3 is 6.18 Å². The van der Waals surface area contributed by atoms with Crippen LogP contribution in [0.3, 0.4) is 0 Å². The zero-order chi connectivity index (χ0) is 19.8. The number of benzene rings is 1. The normalized spacial score (nSPS) is 15.1. The summed E-state index contributed by atoms with van der Waals surface area (Å²) in [7, 11) is 1.58. The first-order chi connectivity index (χ1) is 12.6. The maximum absolute atomic E-state index is 12.8. The molecule has 0 saturated heterocycles. The summed E-state index contributed by atoms with van der Waals surface area (Å²) in [5.74, 6) is 1.37. The molecule has 0 spiro atoms. The number of ether oxygens (including phenoxy) is 2. The van der Waals surface area contributed by atoms with Crippen LogP contribution in [0.2, 0.25) is 0 Å². The molecule has 1 aromatic heterocycles. The maximum Gasteiger partial charge on any atom is 0.422 e. The Kier molecular flexibility index (Phi) is 5.29. The number of alkyl halides is 3. The van der Waals surface area contributed by atoms with E-state index in [4.69, 9.17) is 9.47 Å². The minimum Gasteiger partial charge on any atom is -0.497 e. The summed E-state index contributed by atoms with van der Waals surface area (Å²) >= 11 is 1.37. The van der Waals surface area contributed by atoms with Crippen molar-refractivity contribution in [1.29, 1.82) is 0 Å². The summed E-state index contributed by atoms with van der Waals surface area (Å²) < 4.78 is 48.7. The van der Waals surface area contributed by atoms with Gasteiger partial charge in [-0.05, 0) is 29.9 Å². The predicted molar refractivity (Wildman–Crippen MR) is 98.7 cm³/mol. The molecule has 1 aliphatic rings. The lowest BCUT2D eigenvalue weighted by molar-refractivity contribution is -0.154. The summed E-state index contributed by atoms with van der Waals surface area (Å²) in [6.45, 7) is 4.49. The lowest BCUT2D eigenvalue weighted by Crippen LogP contribution is -2.29. The van der Waals surface area contributed by atoms with E-state index in [0.29, 0.717) is 34.3 Å². The Hall–Kier alpha value is -1.96. The highest BCUT2D eigenvalue weighted by Gasteiger charge is 2.38. The molecule has 0 unspecified atom stereocenters. The summed E-state index contributed by atoms with van der Waals surface area (Å²) in [5.41, 5.74) is 2.67. The molecule has 1 heterocycles. The molecule has 0 amide bonds. The highest BCUT2D eigenvalue weighted by molar-refractivity contribution is 7.99. The zero-order valence-electron chi connectivity index (χ0n) is 15.6. The van der Waals surface area contributed by atoms with Crippen molar-refractivity contribution in [3.05, 3.63) is 29.3 Å². The van der Waals surface area contributed by atoms with Gasteiger partial charge < -0.3 is 9.47 Å². The van der Waals surface area contributed by atoms with Crippen LogP contribution in [0.15, 0.2) is 23.4 Å². The van der Waals surface area contributed by atoms with Crippen LogP contribution in [0.4, 0.5) is 13.2 Å². The van der Waals surface area contributed by atoms with Gasteiger partial charge in [-0.25, -0.2) is 4.98 Å². The third-order valence-corrected chi connectivity index (χ3v) is 5.11. The molecule has 0 saturated carbocycles. The standard InChI is InChI=1S/C19H21F3N2O2S/c1-5-27-17-23-15-13-8-12(25-4)7-6-11(13)9-18(2,3)14(15)16(24-17)26-10-19(20,21)22/h6-8H,5,9-10H2,1-4H3. The lowest BCUT2D eigenvalue weighted by atomic mass is 9.72. The second kappa shape index (κ2) is 7.22. The molecule has 3 rings (SSSR count). The fraction of sp³-hybridized carbons (Fsp3) is 0.474. The zero-order valence-corrected chi connectivity index (χ0v) is 16.4. The van der Waals surface area contributed by atoms with E-state index in [0.717, 1.165) is 11.1 Å². The van der Waals surface area contributed by atoms with Crippen molar-refractivity contribution in [3.8, 4) is 22.9 Å². The summed E-state index contributed by atoms with van der Waals surface area (Å²) in [4.78, 5) is 8.94. The number of nitrogens with zero attached hydrogens (tertiary/aromatic N) is 2. The average Bonchev–Trinajstić information content (AvgIpc) is 2.58. The van der Waals surface area contributed by atoms with Gasteiger partial charge in [-0.2, -0.15) is 18.2 Å². The van der Waals surface area contributed by atoms with Crippen molar-refractivity contribution in [2.75, 3.05) is 19.5 Å². The molecule has 0 fully saturated rings. The van der Waals surface area contributed by atoms with Crippen molar-refractivity contribution in [2.45, 2.75) is 43.9 Å². The Morgan fingerprint density at radius 3 is 2.59 bits per heavy atom. The topological polar surface area (TPSA) is 44.2 Å². The lowest BCUT2D eigenvalue weighted by Gasteiger charge is -2.34. The van der Waals surface area contributed by atoms with E-state index in [1.165, 1.54) is 11.8 Å². The monoisotopic (exact) mass is 398 g/mol. The minimum atomic E-state index is -4.43. The Bertz CT molecular complexity index is 854. The molecule has 0 aliphatic heterocycles. The molecule has 146 valence electrons. The number of methoxy groups -OCH3 is 1. The van der Waals surface area contributed by atoms with Crippen LogP contribution in [0, 0.1) is 0 Å².